The molecule has 3 rings (SSSR count). The first-order valence-electron chi connectivity index (χ1n) is 9.26. The summed E-state index contributed by atoms with van der Waals surface area (Å²) in [6, 6.07) is 13.3. The van der Waals surface area contributed by atoms with Gasteiger partial charge in [0.2, 0.25) is 0 Å². The second-order valence-corrected chi connectivity index (χ2v) is 9.11. The Morgan fingerprint density at radius 1 is 0.906 bits per heavy atom. The number of carbonyl (C=O) groups excluding carboxylic acids is 1. The Kier molecular flexibility index (Phi) is 6.52. The smallest absolute Gasteiger partial charge is 0.321 e. The van der Waals surface area contributed by atoms with Crippen molar-refractivity contribution >= 4 is 38.9 Å². The summed E-state index contributed by atoms with van der Waals surface area (Å²) in [6.07, 6.45) is -4.61. The van der Waals surface area contributed by atoms with E-state index in [0.717, 1.165) is 18.2 Å². The molecule has 32 heavy (non-hydrogen) atoms. The average Bonchev–Trinajstić information content (AvgIpc) is 2.70. The van der Waals surface area contributed by atoms with Crippen LogP contribution in [0.25, 0.3) is 0 Å². The number of benzene rings is 3. The third kappa shape index (κ3) is 5.23. The molecule has 5 nitrogen and oxygen atoms in total. The first-order chi connectivity index (χ1) is 14.9. The van der Waals surface area contributed by atoms with Gasteiger partial charge in [0, 0.05) is 5.56 Å². The van der Waals surface area contributed by atoms with Crippen molar-refractivity contribution in [2.45, 2.75) is 24.9 Å². The standard InChI is InChI=1S/C22H18ClF3N2O3S/c1-13-5-3-4-6-18(13)28-32(30,31)20-11-15(8-7-14(20)2)21(29)27-19-12-16(22(24,25)26)9-10-17(19)23/h3-12,28H,1-2H3,(H,27,29). The number of halogens is 4. The number of amides is 1. The number of alkyl halides is 3. The van der Waals surface area contributed by atoms with Gasteiger partial charge in [0.25, 0.3) is 15.9 Å². The lowest BCUT2D eigenvalue weighted by Crippen LogP contribution is -2.18. The van der Waals surface area contributed by atoms with Gasteiger partial charge >= 0.3 is 6.18 Å². The quantitative estimate of drug-likeness (QED) is 0.466. The molecule has 168 valence electrons. The number of sulfonamides is 1. The van der Waals surface area contributed by atoms with Crippen molar-refractivity contribution in [3.05, 3.63) is 87.9 Å². The minimum atomic E-state index is -4.61. The van der Waals surface area contributed by atoms with Gasteiger partial charge in [-0.3, -0.25) is 9.52 Å². The fraction of sp³-hybridized carbons (Fsp3) is 0.136. The van der Waals surface area contributed by atoms with Gasteiger partial charge in [0.05, 0.1) is 26.9 Å². The van der Waals surface area contributed by atoms with Crippen molar-refractivity contribution in [3.63, 3.8) is 0 Å². The molecule has 0 heterocycles. The summed E-state index contributed by atoms with van der Waals surface area (Å²) in [7, 11) is -4.03. The van der Waals surface area contributed by atoms with Crippen LogP contribution in [0.5, 0.6) is 0 Å². The predicted molar refractivity (Wildman–Crippen MR) is 118 cm³/mol. The van der Waals surface area contributed by atoms with Crippen LogP contribution >= 0.6 is 11.6 Å². The SMILES string of the molecule is Cc1ccccc1NS(=O)(=O)c1cc(C(=O)Nc2cc(C(F)(F)F)ccc2Cl)ccc1C. The lowest BCUT2D eigenvalue weighted by molar-refractivity contribution is -0.137. The van der Waals surface area contributed by atoms with Gasteiger partial charge in [-0.05, 0) is 61.4 Å². The third-order valence-electron chi connectivity index (χ3n) is 4.67. The highest BCUT2D eigenvalue weighted by Gasteiger charge is 2.31. The maximum absolute atomic E-state index is 13.0. The second kappa shape index (κ2) is 8.84. The molecule has 0 unspecified atom stereocenters. The number of hydrogen-bond donors (Lipinski definition) is 2. The summed E-state index contributed by atoms with van der Waals surface area (Å²) >= 11 is 5.92. The Hall–Kier alpha value is -3.04. The van der Waals surface area contributed by atoms with Gasteiger partial charge in [-0.25, -0.2) is 8.42 Å². The van der Waals surface area contributed by atoms with Gasteiger partial charge in [-0.1, -0.05) is 35.9 Å². The van der Waals surface area contributed by atoms with Crippen LogP contribution in [0, 0.1) is 13.8 Å². The normalized spacial score (nSPS) is 11.8. The van der Waals surface area contributed by atoms with E-state index in [1.165, 1.54) is 12.1 Å². The minimum Gasteiger partial charge on any atom is -0.321 e. The molecule has 0 saturated carbocycles. The molecule has 0 saturated heterocycles. The molecule has 10 heteroatoms. The predicted octanol–water partition coefficient (Wildman–Crippen LogP) is 6.03. The van der Waals surface area contributed by atoms with Crippen LogP contribution in [0.2, 0.25) is 5.02 Å². The first-order valence-corrected chi connectivity index (χ1v) is 11.1. The van der Waals surface area contributed by atoms with Crippen molar-refractivity contribution in [2.75, 3.05) is 10.0 Å². The highest BCUT2D eigenvalue weighted by Crippen LogP contribution is 2.34. The second-order valence-electron chi connectivity index (χ2n) is 7.05. The molecule has 0 aliphatic heterocycles. The maximum atomic E-state index is 13.0. The van der Waals surface area contributed by atoms with Crippen LogP contribution in [0.4, 0.5) is 24.5 Å². The number of nitrogens with one attached hydrogen (secondary N) is 2. The molecule has 0 radical (unpaired) electrons. The van der Waals surface area contributed by atoms with Crippen LogP contribution < -0.4 is 10.0 Å². The van der Waals surface area contributed by atoms with Crippen molar-refractivity contribution < 1.29 is 26.4 Å². The van der Waals surface area contributed by atoms with Crippen LogP contribution in [0.15, 0.2) is 65.6 Å². The third-order valence-corrected chi connectivity index (χ3v) is 6.51. The van der Waals surface area contributed by atoms with E-state index in [2.05, 4.69) is 10.0 Å². The zero-order chi connectivity index (χ0) is 23.7. The molecule has 0 aliphatic rings. The monoisotopic (exact) mass is 482 g/mol. The van der Waals surface area contributed by atoms with E-state index < -0.39 is 27.7 Å². The van der Waals surface area contributed by atoms with Crippen molar-refractivity contribution in [1.29, 1.82) is 0 Å². The van der Waals surface area contributed by atoms with Gasteiger partial charge in [0.1, 0.15) is 0 Å². The summed E-state index contributed by atoms with van der Waals surface area (Å²) < 4.78 is 67.2. The Bertz CT molecular complexity index is 1290. The largest absolute Gasteiger partial charge is 0.416 e. The van der Waals surface area contributed by atoms with E-state index in [9.17, 15) is 26.4 Å². The summed E-state index contributed by atoms with van der Waals surface area (Å²) in [5.74, 6) is -0.807. The molecule has 0 aliphatic carbocycles. The zero-order valence-electron chi connectivity index (χ0n) is 16.9. The highest BCUT2D eigenvalue weighted by molar-refractivity contribution is 7.92. The Labute approximate surface area is 188 Å². The van der Waals surface area contributed by atoms with E-state index in [-0.39, 0.29) is 21.2 Å². The molecular formula is C22H18ClF3N2O3S. The van der Waals surface area contributed by atoms with Crippen LogP contribution in [0.1, 0.15) is 27.0 Å². The summed E-state index contributed by atoms with van der Waals surface area (Å²) in [5, 5.41) is 2.22. The van der Waals surface area contributed by atoms with Crippen LogP contribution in [-0.4, -0.2) is 14.3 Å². The van der Waals surface area contributed by atoms with Crippen molar-refractivity contribution in [3.8, 4) is 0 Å². The average molecular weight is 483 g/mol. The number of aryl methyl sites for hydroxylation is 2. The zero-order valence-corrected chi connectivity index (χ0v) is 18.5. The minimum absolute atomic E-state index is 0.0609. The Morgan fingerprint density at radius 3 is 2.25 bits per heavy atom. The molecule has 0 fully saturated rings. The van der Waals surface area contributed by atoms with E-state index in [0.29, 0.717) is 22.9 Å². The van der Waals surface area contributed by atoms with E-state index >= 15 is 0 Å². The molecule has 1 amide bonds. The molecule has 3 aromatic carbocycles. The molecular weight excluding hydrogens is 465 g/mol. The summed E-state index contributed by atoms with van der Waals surface area (Å²) in [6.45, 7) is 3.31. The fourth-order valence-corrected chi connectivity index (χ4v) is 4.48. The van der Waals surface area contributed by atoms with Gasteiger partial charge in [-0.2, -0.15) is 13.2 Å². The number of anilines is 2. The molecule has 0 bridgehead atoms. The van der Waals surface area contributed by atoms with Gasteiger partial charge in [-0.15, -0.1) is 0 Å². The molecule has 2 N–H and O–H groups in total. The van der Waals surface area contributed by atoms with Gasteiger partial charge in [0.15, 0.2) is 0 Å². The van der Waals surface area contributed by atoms with E-state index in [1.807, 2.05) is 0 Å². The number of para-hydroxylation sites is 1. The topological polar surface area (TPSA) is 75.3 Å². The first kappa shape index (κ1) is 23.6. The van der Waals surface area contributed by atoms with E-state index in [1.54, 1.807) is 38.1 Å². The highest BCUT2D eigenvalue weighted by atomic mass is 35.5. The molecule has 3 aromatic rings. The maximum Gasteiger partial charge on any atom is 0.416 e. The number of carbonyl (C=O) groups is 1. The fourth-order valence-electron chi connectivity index (χ4n) is 2.91. The van der Waals surface area contributed by atoms with Crippen molar-refractivity contribution in [2.24, 2.45) is 0 Å². The Balaban J connectivity index is 1.92. The molecule has 0 aromatic heterocycles. The summed E-state index contributed by atoms with van der Waals surface area (Å²) in [4.78, 5) is 12.5. The van der Waals surface area contributed by atoms with Gasteiger partial charge < -0.3 is 5.32 Å². The van der Waals surface area contributed by atoms with Crippen molar-refractivity contribution in [1.82, 2.24) is 0 Å². The number of rotatable bonds is 5. The number of hydrogen-bond acceptors (Lipinski definition) is 3. The van der Waals surface area contributed by atoms with Crippen LogP contribution in [-0.2, 0) is 16.2 Å². The molecule has 0 atom stereocenters. The lowest BCUT2D eigenvalue weighted by Gasteiger charge is -2.14. The lowest BCUT2D eigenvalue weighted by atomic mass is 10.1. The summed E-state index contributed by atoms with van der Waals surface area (Å²) in [5.41, 5.74) is 0.203. The van der Waals surface area contributed by atoms with Crippen LogP contribution in [0.3, 0.4) is 0 Å². The van der Waals surface area contributed by atoms with E-state index in [4.69, 9.17) is 11.6 Å². The Morgan fingerprint density at radius 2 is 1.59 bits per heavy atom. The molecule has 0 spiro atoms.